The van der Waals surface area contributed by atoms with Crippen LogP contribution in [-0.4, -0.2) is 9.78 Å². The third-order valence-corrected chi connectivity index (χ3v) is 1.83. The Labute approximate surface area is 67.2 Å². The van der Waals surface area contributed by atoms with Crippen molar-refractivity contribution >= 4 is 0 Å². The monoisotopic (exact) mass is 148 g/mol. The fourth-order valence-corrected chi connectivity index (χ4v) is 1.08. The van der Waals surface area contributed by atoms with Gasteiger partial charge in [0.15, 0.2) is 0 Å². The molecule has 0 amide bonds. The van der Waals surface area contributed by atoms with Crippen molar-refractivity contribution in [2.75, 3.05) is 0 Å². The number of nitrogens with zero attached hydrogens (tertiary/aromatic N) is 2. The molecule has 0 saturated carbocycles. The van der Waals surface area contributed by atoms with Crippen LogP contribution in [0.3, 0.4) is 0 Å². The molecule has 1 heterocycles. The van der Waals surface area contributed by atoms with E-state index in [9.17, 15) is 0 Å². The van der Waals surface area contributed by atoms with Crippen LogP contribution in [0.5, 0.6) is 0 Å². The number of rotatable bonds is 2. The van der Waals surface area contributed by atoms with Crippen LogP contribution in [-0.2, 0) is 13.0 Å². The highest BCUT2D eigenvalue weighted by Crippen LogP contribution is 2.06. The first-order valence-electron chi connectivity index (χ1n) is 3.74. The van der Waals surface area contributed by atoms with Gasteiger partial charge in [0.05, 0.1) is 6.20 Å². The summed E-state index contributed by atoms with van der Waals surface area (Å²) in [6, 6.07) is 0. The summed E-state index contributed by atoms with van der Waals surface area (Å²) in [6.45, 7) is 4.74. The molecule has 11 heavy (non-hydrogen) atoms. The fraction of sp³-hybridized carbons (Fsp3) is 0.444. The second kappa shape index (κ2) is 3.25. The highest BCUT2D eigenvalue weighted by atomic mass is 15.3. The van der Waals surface area contributed by atoms with Gasteiger partial charge in [0, 0.05) is 5.69 Å². The maximum Gasteiger partial charge on any atom is 0.102 e. The molecule has 0 N–H and O–H groups in total. The molecule has 0 unspecified atom stereocenters. The first kappa shape index (κ1) is 7.87. The molecular formula is C9H12N2. The molecule has 0 aromatic carbocycles. The Hall–Kier alpha value is -1.23. The van der Waals surface area contributed by atoms with Crippen LogP contribution in [0.2, 0.25) is 0 Å². The smallest absolute Gasteiger partial charge is 0.102 e. The molecule has 0 aliphatic rings. The number of hydrogen-bond donors (Lipinski definition) is 0. The summed E-state index contributed by atoms with van der Waals surface area (Å²) in [7, 11) is 0. The number of aryl methyl sites for hydroxylation is 1. The molecule has 0 spiro atoms. The largest absolute Gasteiger partial charge is 0.258 e. The lowest BCUT2D eigenvalue weighted by Crippen LogP contribution is -2.00. The number of hydrogen-bond acceptors (Lipinski definition) is 1. The van der Waals surface area contributed by atoms with Crippen molar-refractivity contribution in [3.8, 4) is 12.3 Å². The van der Waals surface area contributed by atoms with Crippen molar-refractivity contribution in [3.63, 3.8) is 0 Å². The highest BCUT2D eigenvalue weighted by molar-refractivity contribution is 5.16. The Morgan fingerprint density at radius 3 is 2.91 bits per heavy atom. The molecule has 0 bridgehead atoms. The second-order valence-corrected chi connectivity index (χ2v) is 2.47. The Bertz CT molecular complexity index is 278. The standard InChI is InChI=1S/C9H12N2/c1-4-6-11-8(3)9(5-2)7-10-11/h1,7H,5-6H2,2-3H3. The lowest BCUT2D eigenvalue weighted by molar-refractivity contribution is 0.690. The first-order chi connectivity index (χ1) is 5.29. The molecule has 1 rings (SSSR count). The van der Waals surface area contributed by atoms with Crippen molar-refractivity contribution in [2.45, 2.75) is 26.8 Å². The molecule has 0 aliphatic carbocycles. The predicted molar refractivity (Wildman–Crippen MR) is 45.2 cm³/mol. The van der Waals surface area contributed by atoms with Gasteiger partial charge in [0.2, 0.25) is 0 Å². The highest BCUT2D eigenvalue weighted by Gasteiger charge is 2.01. The van der Waals surface area contributed by atoms with Crippen LogP contribution in [0.25, 0.3) is 0 Å². The molecule has 0 fully saturated rings. The molecule has 58 valence electrons. The summed E-state index contributed by atoms with van der Waals surface area (Å²) >= 11 is 0. The Morgan fingerprint density at radius 2 is 2.45 bits per heavy atom. The van der Waals surface area contributed by atoms with Gasteiger partial charge in [-0.1, -0.05) is 12.8 Å². The zero-order chi connectivity index (χ0) is 8.27. The number of aromatic nitrogens is 2. The van der Waals surface area contributed by atoms with Crippen LogP contribution < -0.4 is 0 Å². The van der Waals surface area contributed by atoms with E-state index in [4.69, 9.17) is 6.42 Å². The van der Waals surface area contributed by atoms with Crippen LogP contribution >= 0.6 is 0 Å². The van der Waals surface area contributed by atoms with E-state index in [2.05, 4.69) is 17.9 Å². The minimum Gasteiger partial charge on any atom is -0.258 e. The minimum atomic E-state index is 0.575. The molecule has 0 aliphatic heterocycles. The van der Waals surface area contributed by atoms with E-state index >= 15 is 0 Å². The Morgan fingerprint density at radius 1 is 1.73 bits per heavy atom. The predicted octanol–water partition coefficient (Wildman–Crippen LogP) is 1.39. The lowest BCUT2D eigenvalue weighted by Gasteiger charge is -1.98. The van der Waals surface area contributed by atoms with Crippen LogP contribution in [0.15, 0.2) is 6.20 Å². The molecule has 2 nitrogen and oxygen atoms in total. The third-order valence-electron chi connectivity index (χ3n) is 1.83. The fourth-order valence-electron chi connectivity index (χ4n) is 1.08. The average molecular weight is 148 g/mol. The summed E-state index contributed by atoms with van der Waals surface area (Å²) in [5.41, 5.74) is 2.46. The molecule has 1 aromatic heterocycles. The van der Waals surface area contributed by atoms with Crippen LogP contribution in [0.1, 0.15) is 18.2 Å². The van der Waals surface area contributed by atoms with Crippen LogP contribution in [0, 0.1) is 19.3 Å². The quantitative estimate of drug-likeness (QED) is 0.579. The first-order valence-corrected chi connectivity index (χ1v) is 3.74. The van der Waals surface area contributed by atoms with Crippen molar-refractivity contribution < 1.29 is 0 Å². The Kier molecular flexibility index (Phi) is 2.32. The second-order valence-electron chi connectivity index (χ2n) is 2.47. The summed E-state index contributed by atoms with van der Waals surface area (Å²) in [5, 5.41) is 4.15. The van der Waals surface area contributed by atoms with Crippen molar-refractivity contribution in [1.82, 2.24) is 9.78 Å². The van der Waals surface area contributed by atoms with E-state index in [1.54, 1.807) is 0 Å². The summed E-state index contributed by atoms with van der Waals surface area (Å²) in [6.07, 6.45) is 8.08. The van der Waals surface area contributed by atoms with Gasteiger partial charge in [0.25, 0.3) is 0 Å². The van der Waals surface area contributed by atoms with E-state index in [0.29, 0.717) is 6.54 Å². The summed E-state index contributed by atoms with van der Waals surface area (Å²) in [5.74, 6) is 2.56. The zero-order valence-electron chi connectivity index (χ0n) is 6.96. The van der Waals surface area contributed by atoms with Gasteiger partial charge in [-0.25, -0.2) is 0 Å². The van der Waals surface area contributed by atoms with Crippen molar-refractivity contribution in [1.29, 1.82) is 0 Å². The molecule has 1 aromatic rings. The maximum atomic E-state index is 5.17. The maximum absolute atomic E-state index is 5.17. The van der Waals surface area contributed by atoms with Gasteiger partial charge in [-0.2, -0.15) is 5.10 Å². The van der Waals surface area contributed by atoms with E-state index in [1.165, 1.54) is 11.3 Å². The van der Waals surface area contributed by atoms with E-state index in [0.717, 1.165) is 6.42 Å². The molecule has 2 heteroatoms. The van der Waals surface area contributed by atoms with Gasteiger partial charge in [-0.3, -0.25) is 4.68 Å². The summed E-state index contributed by atoms with van der Waals surface area (Å²) < 4.78 is 1.85. The van der Waals surface area contributed by atoms with Gasteiger partial charge >= 0.3 is 0 Å². The lowest BCUT2D eigenvalue weighted by atomic mass is 10.2. The van der Waals surface area contributed by atoms with Crippen molar-refractivity contribution in [3.05, 3.63) is 17.5 Å². The molecular weight excluding hydrogens is 136 g/mol. The van der Waals surface area contributed by atoms with E-state index < -0.39 is 0 Å². The van der Waals surface area contributed by atoms with Gasteiger partial charge in [-0.05, 0) is 18.9 Å². The van der Waals surface area contributed by atoms with Gasteiger partial charge < -0.3 is 0 Å². The van der Waals surface area contributed by atoms with Gasteiger partial charge in [0.1, 0.15) is 6.54 Å². The normalized spacial score (nSPS) is 9.55. The van der Waals surface area contributed by atoms with Crippen molar-refractivity contribution in [2.24, 2.45) is 0 Å². The SMILES string of the molecule is C#CCn1ncc(CC)c1C. The zero-order valence-corrected chi connectivity index (χ0v) is 6.96. The number of terminal acetylenes is 1. The third kappa shape index (κ3) is 1.43. The average Bonchev–Trinajstić information content (AvgIpc) is 2.34. The van der Waals surface area contributed by atoms with Gasteiger partial charge in [-0.15, -0.1) is 6.42 Å². The van der Waals surface area contributed by atoms with Crippen LogP contribution in [0.4, 0.5) is 0 Å². The molecule has 0 saturated heterocycles. The topological polar surface area (TPSA) is 17.8 Å². The summed E-state index contributed by atoms with van der Waals surface area (Å²) in [4.78, 5) is 0. The van der Waals surface area contributed by atoms with E-state index in [-0.39, 0.29) is 0 Å². The van der Waals surface area contributed by atoms with E-state index in [1.807, 2.05) is 17.8 Å². The molecule has 0 radical (unpaired) electrons. The Balaban J connectivity index is 2.93. The minimum absolute atomic E-state index is 0.575. The molecule has 0 atom stereocenters.